The maximum atomic E-state index is 4.45. The van der Waals surface area contributed by atoms with E-state index in [2.05, 4.69) is 43.2 Å². The number of hydrogen-bond acceptors (Lipinski definition) is 6. The molecular formula is C15H17N5S2. The van der Waals surface area contributed by atoms with Crippen LogP contribution in [0.15, 0.2) is 45.5 Å². The number of nitrogens with one attached hydrogen (secondary N) is 1. The summed E-state index contributed by atoms with van der Waals surface area (Å²) in [5, 5.41) is 5.38. The van der Waals surface area contributed by atoms with E-state index in [-0.39, 0.29) is 0 Å². The Morgan fingerprint density at radius 3 is 2.91 bits per heavy atom. The molecule has 0 amide bonds. The van der Waals surface area contributed by atoms with Gasteiger partial charge in [-0.25, -0.2) is 15.0 Å². The Balaban J connectivity index is 1.59. The van der Waals surface area contributed by atoms with Crippen molar-refractivity contribution in [2.45, 2.75) is 36.2 Å². The van der Waals surface area contributed by atoms with E-state index in [4.69, 9.17) is 0 Å². The maximum absolute atomic E-state index is 4.45. The summed E-state index contributed by atoms with van der Waals surface area (Å²) in [6.07, 6.45) is 5.60. The van der Waals surface area contributed by atoms with Crippen molar-refractivity contribution >= 4 is 28.9 Å². The number of aryl methyl sites for hydroxylation is 2. The van der Waals surface area contributed by atoms with E-state index in [9.17, 15) is 0 Å². The van der Waals surface area contributed by atoms with Crippen LogP contribution in [0.5, 0.6) is 0 Å². The van der Waals surface area contributed by atoms with Gasteiger partial charge in [0.05, 0.1) is 18.6 Å². The van der Waals surface area contributed by atoms with Crippen LogP contribution in [0.4, 0.5) is 5.82 Å². The molecule has 0 atom stereocenters. The highest BCUT2D eigenvalue weighted by Gasteiger charge is 2.04. The second-order valence-corrected chi connectivity index (χ2v) is 6.94. The standard InChI is InChI=1S/C15H17N5S2/c1-3-20-10-16-6-12(20)7-17-14-5-4-13(8-18-14)22-15-19-11(2)9-21-15/h4-6,8-10H,3,7H2,1-2H3,(H,17,18). The summed E-state index contributed by atoms with van der Waals surface area (Å²) < 4.78 is 3.16. The molecule has 7 heteroatoms. The van der Waals surface area contributed by atoms with Crippen LogP contribution in [-0.4, -0.2) is 19.5 Å². The van der Waals surface area contributed by atoms with Crippen LogP contribution in [0.2, 0.25) is 0 Å². The second-order valence-electron chi connectivity index (χ2n) is 4.76. The minimum absolute atomic E-state index is 0.721. The lowest BCUT2D eigenvalue weighted by Gasteiger charge is -2.08. The SMILES string of the molecule is CCn1cncc1CNc1ccc(Sc2nc(C)cs2)cn1. The molecule has 0 bridgehead atoms. The smallest absolute Gasteiger partial charge is 0.154 e. The van der Waals surface area contributed by atoms with E-state index in [0.29, 0.717) is 0 Å². The van der Waals surface area contributed by atoms with Crippen molar-refractivity contribution in [3.8, 4) is 0 Å². The highest BCUT2D eigenvalue weighted by atomic mass is 32.2. The first kappa shape index (κ1) is 15.1. The third-order valence-corrected chi connectivity index (χ3v) is 5.16. The average Bonchev–Trinajstić information content (AvgIpc) is 3.15. The highest BCUT2D eigenvalue weighted by molar-refractivity contribution is 8.01. The number of imidazole rings is 1. The zero-order valence-electron chi connectivity index (χ0n) is 12.5. The van der Waals surface area contributed by atoms with Gasteiger partial charge >= 0.3 is 0 Å². The molecule has 1 N–H and O–H groups in total. The predicted molar refractivity (Wildman–Crippen MR) is 90.4 cm³/mol. The molecule has 0 fully saturated rings. The van der Waals surface area contributed by atoms with Gasteiger partial charge in [-0.1, -0.05) is 11.8 Å². The Kier molecular flexibility index (Phi) is 4.74. The summed E-state index contributed by atoms with van der Waals surface area (Å²) in [6, 6.07) is 4.06. The summed E-state index contributed by atoms with van der Waals surface area (Å²) in [6.45, 7) is 5.76. The largest absolute Gasteiger partial charge is 0.364 e. The van der Waals surface area contributed by atoms with Gasteiger partial charge in [0.2, 0.25) is 0 Å². The monoisotopic (exact) mass is 331 g/mol. The molecule has 0 saturated heterocycles. The Morgan fingerprint density at radius 1 is 1.32 bits per heavy atom. The molecule has 3 aromatic rings. The van der Waals surface area contributed by atoms with Crippen LogP contribution in [0, 0.1) is 6.92 Å². The first-order valence-electron chi connectivity index (χ1n) is 7.03. The Labute approximate surface area is 137 Å². The average molecular weight is 331 g/mol. The molecule has 3 rings (SSSR count). The van der Waals surface area contributed by atoms with E-state index in [1.807, 2.05) is 31.7 Å². The Bertz CT molecular complexity index is 732. The molecule has 3 heterocycles. The van der Waals surface area contributed by atoms with Gasteiger partial charge in [-0.2, -0.15) is 0 Å². The van der Waals surface area contributed by atoms with Crippen molar-refractivity contribution in [2.24, 2.45) is 0 Å². The van der Waals surface area contributed by atoms with Crippen molar-refractivity contribution in [3.63, 3.8) is 0 Å². The van der Waals surface area contributed by atoms with E-state index < -0.39 is 0 Å². The van der Waals surface area contributed by atoms with Crippen molar-refractivity contribution in [3.05, 3.63) is 47.6 Å². The molecule has 114 valence electrons. The van der Waals surface area contributed by atoms with Crippen molar-refractivity contribution in [2.75, 3.05) is 5.32 Å². The molecule has 0 aromatic carbocycles. The number of nitrogens with zero attached hydrogens (tertiary/aromatic N) is 4. The molecule has 0 saturated carbocycles. The lowest BCUT2D eigenvalue weighted by atomic mass is 10.4. The second kappa shape index (κ2) is 6.93. The van der Waals surface area contributed by atoms with Gasteiger partial charge < -0.3 is 9.88 Å². The van der Waals surface area contributed by atoms with Crippen LogP contribution < -0.4 is 5.32 Å². The summed E-state index contributed by atoms with van der Waals surface area (Å²) >= 11 is 3.30. The van der Waals surface area contributed by atoms with Gasteiger partial charge in [0, 0.05) is 34.9 Å². The van der Waals surface area contributed by atoms with Crippen molar-refractivity contribution < 1.29 is 0 Å². The molecule has 0 aliphatic rings. The Morgan fingerprint density at radius 2 is 2.23 bits per heavy atom. The fraction of sp³-hybridized carbons (Fsp3) is 0.267. The molecule has 0 aliphatic heterocycles. The zero-order chi connectivity index (χ0) is 15.4. The lowest BCUT2D eigenvalue weighted by Crippen LogP contribution is -2.06. The zero-order valence-corrected chi connectivity index (χ0v) is 14.1. The molecule has 0 unspecified atom stereocenters. The molecule has 22 heavy (non-hydrogen) atoms. The summed E-state index contributed by atoms with van der Waals surface area (Å²) in [7, 11) is 0. The number of rotatable bonds is 6. The number of hydrogen-bond donors (Lipinski definition) is 1. The van der Waals surface area contributed by atoms with Gasteiger partial charge in [0.15, 0.2) is 4.34 Å². The van der Waals surface area contributed by atoms with E-state index in [0.717, 1.165) is 39.5 Å². The van der Waals surface area contributed by atoms with Crippen LogP contribution in [-0.2, 0) is 13.1 Å². The fourth-order valence-corrected chi connectivity index (χ4v) is 3.77. The van der Waals surface area contributed by atoms with Crippen LogP contribution >= 0.6 is 23.1 Å². The van der Waals surface area contributed by atoms with Crippen molar-refractivity contribution in [1.82, 2.24) is 19.5 Å². The molecule has 5 nitrogen and oxygen atoms in total. The van der Waals surface area contributed by atoms with E-state index >= 15 is 0 Å². The van der Waals surface area contributed by atoms with Gasteiger partial charge in [-0.15, -0.1) is 11.3 Å². The van der Waals surface area contributed by atoms with E-state index in [1.54, 1.807) is 23.1 Å². The molecule has 0 aliphatic carbocycles. The first-order valence-corrected chi connectivity index (χ1v) is 8.73. The topological polar surface area (TPSA) is 55.6 Å². The third-order valence-electron chi connectivity index (χ3n) is 3.13. The normalized spacial score (nSPS) is 10.8. The van der Waals surface area contributed by atoms with Crippen LogP contribution in [0.1, 0.15) is 18.3 Å². The minimum atomic E-state index is 0.721. The quantitative estimate of drug-likeness (QED) is 0.744. The first-order chi connectivity index (χ1) is 10.7. The molecular weight excluding hydrogens is 314 g/mol. The van der Waals surface area contributed by atoms with Crippen molar-refractivity contribution in [1.29, 1.82) is 0 Å². The maximum Gasteiger partial charge on any atom is 0.154 e. The van der Waals surface area contributed by atoms with Gasteiger partial charge in [0.25, 0.3) is 0 Å². The fourth-order valence-electron chi connectivity index (χ4n) is 1.99. The van der Waals surface area contributed by atoms with Gasteiger partial charge in [-0.3, -0.25) is 0 Å². The van der Waals surface area contributed by atoms with E-state index in [1.165, 1.54) is 0 Å². The third kappa shape index (κ3) is 3.66. The highest BCUT2D eigenvalue weighted by Crippen LogP contribution is 2.30. The molecule has 0 spiro atoms. The number of aromatic nitrogens is 4. The molecule has 3 aromatic heterocycles. The molecule has 0 radical (unpaired) electrons. The number of anilines is 1. The summed E-state index contributed by atoms with van der Waals surface area (Å²) in [5.41, 5.74) is 2.22. The lowest BCUT2D eigenvalue weighted by molar-refractivity contribution is 0.719. The predicted octanol–water partition coefficient (Wildman–Crippen LogP) is 3.83. The van der Waals surface area contributed by atoms with Crippen LogP contribution in [0.3, 0.4) is 0 Å². The summed E-state index contributed by atoms with van der Waals surface area (Å²) in [5.74, 6) is 0.864. The number of thiazole rings is 1. The van der Waals surface area contributed by atoms with Crippen LogP contribution in [0.25, 0.3) is 0 Å². The Hall–Kier alpha value is -1.86. The van der Waals surface area contributed by atoms with Gasteiger partial charge in [-0.05, 0) is 26.0 Å². The minimum Gasteiger partial charge on any atom is -0.364 e. The number of pyridine rings is 1. The van der Waals surface area contributed by atoms with Gasteiger partial charge in [0.1, 0.15) is 5.82 Å². The summed E-state index contributed by atoms with van der Waals surface area (Å²) in [4.78, 5) is 14.2.